The molecular formula is C13H17N5O3. The zero-order valence-electron chi connectivity index (χ0n) is 12.0. The van der Waals surface area contributed by atoms with Gasteiger partial charge in [0.15, 0.2) is 5.69 Å². The molecule has 1 aliphatic heterocycles. The smallest absolute Gasteiger partial charge is 0.360 e. The molecule has 1 unspecified atom stereocenters. The van der Waals surface area contributed by atoms with Crippen molar-refractivity contribution >= 4 is 5.97 Å². The van der Waals surface area contributed by atoms with Crippen LogP contribution in [0.2, 0.25) is 0 Å². The molecule has 0 saturated carbocycles. The normalized spacial score (nSPS) is 18.1. The first kappa shape index (κ1) is 13.7. The van der Waals surface area contributed by atoms with E-state index in [-0.39, 0.29) is 5.69 Å². The summed E-state index contributed by atoms with van der Waals surface area (Å²) >= 11 is 0. The second-order valence-corrected chi connectivity index (χ2v) is 5.09. The van der Waals surface area contributed by atoms with Crippen LogP contribution in [0.4, 0.5) is 0 Å². The molecule has 0 aliphatic carbocycles. The molecule has 0 radical (unpaired) electrons. The first-order valence-corrected chi connectivity index (χ1v) is 6.77. The van der Waals surface area contributed by atoms with Crippen LogP contribution in [0.15, 0.2) is 12.4 Å². The lowest BCUT2D eigenvalue weighted by atomic mass is 10.1. The highest BCUT2D eigenvalue weighted by Crippen LogP contribution is 2.24. The van der Waals surface area contributed by atoms with E-state index in [0.717, 1.165) is 18.6 Å². The van der Waals surface area contributed by atoms with Gasteiger partial charge < -0.3 is 9.47 Å². The third-order valence-corrected chi connectivity index (χ3v) is 3.55. The first-order valence-electron chi connectivity index (χ1n) is 6.77. The summed E-state index contributed by atoms with van der Waals surface area (Å²) < 4.78 is 13.6. The minimum absolute atomic E-state index is 0.212. The van der Waals surface area contributed by atoms with Crippen LogP contribution in [0, 0.1) is 5.92 Å². The highest BCUT2D eigenvalue weighted by atomic mass is 16.5. The Kier molecular flexibility index (Phi) is 3.70. The molecular weight excluding hydrogens is 274 g/mol. The molecule has 3 rings (SSSR count). The third kappa shape index (κ3) is 2.66. The van der Waals surface area contributed by atoms with Gasteiger partial charge >= 0.3 is 5.97 Å². The molecule has 0 bridgehead atoms. The summed E-state index contributed by atoms with van der Waals surface area (Å²) in [5.41, 5.74) is 1.65. The number of hydrogen-bond donors (Lipinski definition) is 0. The lowest BCUT2D eigenvalue weighted by molar-refractivity contribution is 0.0595. The van der Waals surface area contributed by atoms with E-state index in [1.165, 1.54) is 7.11 Å². The number of nitrogens with zero attached hydrogens (tertiary/aromatic N) is 5. The van der Waals surface area contributed by atoms with Crippen LogP contribution in [0.25, 0.3) is 11.3 Å². The maximum atomic E-state index is 11.9. The molecule has 0 spiro atoms. The first-order chi connectivity index (χ1) is 10.2. The third-order valence-electron chi connectivity index (χ3n) is 3.55. The lowest BCUT2D eigenvalue weighted by Crippen LogP contribution is -2.13. The number of aromatic nitrogens is 5. The molecule has 1 fully saturated rings. The summed E-state index contributed by atoms with van der Waals surface area (Å²) in [6, 6.07) is 0. The zero-order chi connectivity index (χ0) is 14.8. The molecule has 0 N–H and O–H groups in total. The van der Waals surface area contributed by atoms with Gasteiger partial charge in [0, 0.05) is 37.9 Å². The minimum atomic E-state index is -0.497. The number of esters is 1. The van der Waals surface area contributed by atoms with Crippen molar-refractivity contribution in [3.63, 3.8) is 0 Å². The van der Waals surface area contributed by atoms with Crippen LogP contribution in [-0.4, -0.2) is 51.1 Å². The monoisotopic (exact) mass is 291 g/mol. The molecule has 0 aromatic carbocycles. The van der Waals surface area contributed by atoms with E-state index in [9.17, 15) is 4.79 Å². The van der Waals surface area contributed by atoms with E-state index < -0.39 is 5.97 Å². The number of carbonyl (C=O) groups excluding carboxylic acids is 1. The molecule has 1 aliphatic rings. The predicted octanol–water partition coefficient (Wildman–Crippen LogP) is 0.502. The number of hydrogen-bond acceptors (Lipinski definition) is 6. The molecule has 1 atom stereocenters. The summed E-state index contributed by atoms with van der Waals surface area (Å²) in [6.45, 7) is 2.14. The zero-order valence-corrected chi connectivity index (χ0v) is 12.0. The van der Waals surface area contributed by atoms with E-state index in [4.69, 9.17) is 9.47 Å². The Labute approximate surface area is 121 Å². The summed E-state index contributed by atoms with van der Waals surface area (Å²) in [7, 11) is 3.15. The number of aryl methyl sites for hydroxylation is 1. The van der Waals surface area contributed by atoms with E-state index in [0.29, 0.717) is 24.8 Å². The second kappa shape index (κ2) is 5.65. The predicted molar refractivity (Wildman–Crippen MR) is 72.5 cm³/mol. The molecule has 2 aromatic heterocycles. The summed E-state index contributed by atoms with van der Waals surface area (Å²) in [5.74, 6) is -0.115. The van der Waals surface area contributed by atoms with Crippen LogP contribution in [0.5, 0.6) is 0 Å². The van der Waals surface area contributed by atoms with E-state index in [1.54, 1.807) is 15.6 Å². The maximum absolute atomic E-state index is 11.9. The number of carbonyl (C=O) groups is 1. The SMILES string of the molecule is COC(=O)c1nnn(CC2CCOC2)c1-c1cnn(C)c1. The lowest BCUT2D eigenvalue weighted by Gasteiger charge is -2.10. The molecule has 112 valence electrons. The molecule has 8 heteroatoms. The highest BCUT2D eigenvalue weighted by Gasteiger charge is 2.25. The van der Waals surface area contributed by atoms with Crippen molar-refractivity contribution in [2.45, 2.75) is 13.0 Å². The molecule has 3 heterocycles. The van der Waals surface area contributed by atoms with Gasteiger partial charge in [0.05, 0.1) is 19.9 Å². The second-order valence-electron chi connectivity index (χ2n) is 5.09. The van der Waals surface area contributed by atoms with E-state index >= 15 is 0 Å². The summed E-state index contributed by atoms with van der Waals surface area (Å²) in [6.07, 6.45) is 4.50. The van der Waals surface area contributed by atoms with Gasteiger partial charge in [-0.2, -0.15) is 5.10 Å². The van der Waals surface area contributed by atoms with Gasteiger partial charge in [-0.15, -0.1) is 5.10 Å². The maximum Gasteiger partial charge on any atom is 0.360 e. The van der Waals surface area contributed by atoms with Gasteiger partial charge in [-0.25, -0.2) is 9.48 Å². The number of rotatable bonds is 4. The standard InChI is InChI=1S/C13H17N5O3/c1-17-7-10(5-14-17)12-11(13(19)20-2)15-16-18(12)6-9-3-4-21-8-9/h5,7,9H,3-4,6,8H2,1-2H3. The van der Waals surface area contributed by atoms with Crippen molar-refractivity contribution in [1.82, 2.24) is 24.8 Å². The fourth-order valence-corrected chi connectivity index (χ4v) is 2.48. The molecule has 8 nitrogen and oxygen atoms in total. The number of methoxy groups -OCH3 is 1. The Morgan fingerprint density at radius 3 is 3.05 bits per heavy atom. The van der Waals surface area contributed by atoms with Gasteiger partial charge in [0.1, 0.15) is 5.69 Å². The molecule has 2 aromatic rings. The summed E-state index contributed by atoms with van der Waals surface area (Å²) in [5, 5.41) is 12.2. The van der Waals surface area contributed by atoms with Crippen LogP contribution < -0.4 is 0 Å². The van der Waals surface area contributed by atoms with Crippen molar-refractivity contribution in [1.29, 1.82) is 0 Å². The van der Waals surface area contributed by atoms with Crippen molar-refractivity contribution < 1.29 is 14.3 Å². The quantitative estimate of drug-likeness (QED) is 0.763. The van der Waals surface area contributed by atoms with Crippen LogP contribution >= 0.6 is 0 Å². The average Bonchev–Trinajstić information content (AvgIpc) is 3.19. The molecule has 0 amide bonds. The molecule has 1 saturated heterocycles. The Balaban J connectivity index is 1.99. The van der Waals surface area contributed by atoms with Gasteiger partial charge in [0.25, 0.3) is 0 Å². The van der Waals surface area contributed by atoms with E-state index in [1.807, 2.05) is 13.2 Å². The largest absolute Gasteiger partial charge is 0.464 e. The summed E-state index contributed by atoms with van der Waals surface area (Å²) in [4.78, 5) is 11.9. The van der Waals surface area contributed by atoms with E-state index in [2.05, 4.69) is 15.4 Å². The fourth-order valence-electron chi connectivity index (χ4n) is 2.48. The topological polar surface area (TPSA) is 84.1 Å². The van der Waals surface area contributed by atoms with Crippen LogP contribution in [0.3, 0.4) is 0 Å². The Bertz CT molecular complexity index is 642. The van der Waals surface area contributed by atoms with Crippen LogP contribution in [0.1, 0.15) is 16.9 Å². The van der Waals surface area contributed by atoms with Crippen LogP contribution in [-0.2, 0) is 23.1 Å². The van der Waals surface area contributed by atoms with Gasteiger partial charge in [-0.1, -0.05) is 5.21 Å². The fraction of sp³-hybridized carbons (Fsp3) is 0.538. The van der Waals surface area contributed by atoms with Crippen molar-refractivity contribution in [2.75, 3.05) is 20.3 Å². The Morgan fingerprint density at radius 1 is 1.57 bits per heavy atom. The van der Waals surface area contributed by atoms with Gasteiger partial charge in [-0.05, 0) is 6.42 Å². The van der Waals surface area contributed by atoms with Gasteiger partial charge in [-0.3, -0.25) is 4.68 Å². The van der Waals surface area contributed by atoms with Gasteiger partial charge in [0.2, 0.25) is 0 Å². The van der Waals surface area contributed by atoms with Crippen molar-refractivity contribution in [3.05, 3.63) is 18.1 Å². The minimum Gasteiger partial charge on any atom is -0.464 e. The Morgan fingerprint density at radius 2 is 2.43 bits per heavy atom. The van der Waals surface area contributed by atoms with Crippen molar-refractivity contribution in [3.8, 4) is 11.3 Å². The van der Waals surface area contributed by atoms with Crippen molar-refractivity contribution in [2.24, 2.45) is 13.0 Å². The average molecular weight is 291 g/mol. The molecule has 21 heavy (non-hydrogen) atoms. The number of ether oxygens (including phenoxy) is 2. The Hall–Kier alpha value is -2.22. The highest BCUT2D eigenvalue weighted by molar-refractivity contribution is 5.93.